The number of piperidine rings is 1. The Labute approximate surface area is 116 Å². The molecular weight excluding hydrogens is 260 g/mol. The second-order valence-electron chi connectivity index (χ2n) is 5.44. The zero-order valence-corrected chi connectivity index (χ0v) is 11.7. The number of anilines is 2. The summed E-state index contributed by atoms with van der Waals surface area (Å²) in [6, 6.07) is 2.60. The van der Waals surface area contributed by atoms with Crippen molar-refractivity contribution in [1.82, 2.24) is 5.32 Å². The summed E-state index contributed by atoms with van der Waals surface area (Å²) in [6.45, 7) is 1.90. The number of nitrogen functional groups attached to an aromatic ring is 1. The molecule has 1 amide bonds. The Bertz CT molecular complexity index is 475. The van der Waals surface area contributed by atoms with Crippen molar-refractivity contribution in [3.63, 3.8) is 0 Å². The van der Waals surface area contributed by atoms with Gasteiger partial charge in [-0.2, -0.15) is 0 Å². The van der Waals surface area contributed by atoms with E-state index in [1.54, 1.807) is 0 Å². The minimum absolute atomic E-state index is 0.0232. The highest BCUT2D eigenvalue weighted by Crippen LogP contribution is 2.34. The summed E-state index contributed by atoms with van der Waals surface area (Å²) < 4.78 is 0. The lowest BCUT2D eigenvalue weighted by Crippen LogP contribution is -2.39. The van der Waals surface area contributed by atoms with Crippen LogP contribution in [0.1, 0.15) is 35.4 Å². The molecule has 3 rings (SSSR count). The van der Waals surface area contributed by atoms with Crippen LogP contribution in [0.4, 0.5) is 10.7 Å². The summed E-state index contributed by atoms with van der Waals surface area (Å²) in [5, 5.41) is 4.08. The highest BCUT2D eigenvalue weighted by molar-refractivity contribution is 7.18. The highest BCUT2D eigenvalue weighted by Gasteiger charge is 2.26. The van der Waals surface area contributed by atoms with Crippen molar-refractivity contribution < 1.29 is 4.79 Å². The fourth-order valence-corrected chi connectivity index (χ4v) is 3.36. The van der Waals surface area contributed by atoms with Gasteiger partial charge in [0.1, 0.15) is 4.88 Å². The number of hydrogen-bond donors (Lipinski definition) is 3. The fraction of sp³-hybridized carbons (Fsp3) is 0.615. The van der Waals surface area contributed by atoms with Crippen LogP contribution >= 0.6 is 11.3 Å². The van der Waals surface area contributed by atoms with E-state index in [2.05, 4.69) is 10.2 Å². The van der Waals surface area contributed by atoms with E-state index in [0.717, 1.165) is 43.8 Å². The second kappa shape index (κ2) is 5.02. The van der Waals surface area contributed by atoms with Gasteiger partial charge in [0, 0.05) is 25.2 Å². The van der Waals surface area contributed by atoms with E-state index in [-0.39, 0.29) is 5.91 Å². The van der Waals surface area contributed by atoms with Crippen molar-refractivity contribution in [3.05, 3.63) is 10.9 Å². The van der Waals surface area contributed by atoms with Gasteiger partial charge in [-0.05, 0) is 31.7 Å². The van der Waals surface area contributed by atoms with Crippen LogP contribution in [0.25, 0.3) is 0 Å². The average molecular weight is 280 g/mol. The van der Waals surface area contributed by atoms with Crippen LogP contribution < -0.4 is 21.7 Å². The Kier molecular flexibility index (Phi) is 3.36. The zero-order chi connectivity index (χ0) is 13.4. The Balaban J connectivity index is 1.71. The van der Waals surface area contributed by atoms with E-state index >= 15 is 0 Å². The number of nitrogens with zero attached hydrogens (tertiary/aromatic N) is 1. The maximum absolute atomic E-state index is 12.0. The molecule has 0 unspecified atom stereocenters. The lowest BCUT2D eigenvalue weighted by molar-refractivity contribution is 0.0956. The van der Waals surface area contributed by atoms with Crippen molar-refractivity contribution in [2.45, 2.75) is 37.8 Å². The lowest BCUT2D eigenvalue weighted by atomic mass is 10.1. The molecule has 1 aliphatic carbocycles. The molecule has 1 aromatic rings. The third-order valence-corrected chi connectivity index (χ3v) is 4.93. The van der Waals surface area contributed by atoms with E-state index in [4.69, 9.17) is 11.5 Å². The summed E-state index contributed by atoms with van der Waals surface area (Å²) in [5.74, 6) is -0.0232. The zero-order valence-electron chi connectivity index (χ0n) is 10.9. The predicted molar refractivity (Wildman–Crippen MR) is 78.6 cm³/mol. The summed E-state index contributed by atoms with van der Waals surface area (Å²) in [7, 11) is 0. The summed E-state index contributed by atoms with van der Waals surface area (Å²) in [5.41, 5.74) is 12.5. The Morgan fingerprint density at radius 3 is 2.63 bits per heavy atom. The molecule has 1 saturated heterocycles. The lowest BCUT2D eigenvalue weighted by Gasteiger charge is -2.30. The second-order valence-corrected chi connectivity index (χ2v) is 6.47. The van der Waals surface area contributed by atoms with Crippen molar-refractivity contribution >= 4 is 27.9 Å². The minimum Gasteiger partial charge on any atom is -0.397 e. The molecule has 1 aliphatic heterocycles. The molecule has 5 N–H and O–H groups in total. The molecule has 6 heteroatoms. The van der Waals surface area contributed by atoms with Gasteiger partial charge in [-0.15, -0.1) is 11.3 Å². The van der Waals surface area contributed by atoms with Crippen LogP contribution in [0.5, 0.6) is 0 Å². The Hall–Kier alpha value is -1.27. The summed E-state index contributed by atoms with van der Waals surface area (Å²) in [4.78, 5) is 15.0. The number of thiophene rings is 1. The third kappa shape index (κ3) is 2.84. The number of rotatable bonds is 3. The molecule has 0 spiro atoms. The largest absolute Gasteiger partial charge is 0.397 e. The number of carbonyl (C=O) groups is 1. The maximum atomic E-state index is 12.0. The Morgan fingerprint density at radius 1 is 1.32 bits per heavy atom. The first kappa shape index (κ1) is 12.7. The van der Waals surface area contributed by atoms with Gasteiger partial charge in [0.25, 0.3) is 5.91 Å². The number of amides is 1. The fourth-order valence-electron chi connectivity index (χ4n) is 2.32. The standard InChI is InChI=1S/C13H20N4OS/c14-8-3-5-17(6-4-8)11-7-10(15)12(19-11)13(18)16-9-1-2-9/h7-9H,1-6,14-15H2,(H,16,18). The van der Waals surface area contributed by atoms with Gasteiger partial charge in [-0.1, -0.05) is 0 Å². The van der Waals surface area contributed by atoms with Gasteiger partial charge in [-0.3, -0.25) is 4.79 Å². The van der Waals surface area contributed by atoms with Gasteiger partial charge in [-0.25, -0.2) is 0 Å². The number of hydrogen-bond acceptors (Lipinski definition) is 5. The van der Waals surface area contributed by atoms with Crippen LogP contribution in [-0.4, -0.2) is 31.1 Å². The molecule has 1 aromatic heterocycles. The quantitative estimate of drug-likeness (QED) is 0.775. The van der Waals surface area contributed by atoms with E-state index < -0.39 is 0 Å². The molecule has 0 atom stereocenters. The third-order valence-electron chi connectivity index (χ3n) is 3.72. The molecule has 0 radical (unpaired) electrons. The van der Waals surface area contributed by atoms with Crippen LogP contribution in [0.2, 0.25) is 0 Å². The molecule has 19 heavy (non-hydrogen) atoms. The first-order valence-corrected chi connectivity index (χ1v) is 7.66. The highest BCUT2D eigenvalue weighted by atomic mass is 32.1. The van der Waals surface area contributed by atoms with Crippen molar-refractivity contribution in [2.24, 2.45) is 5.73 Å². The molecule has 0 aromatic carbocycles. The van der Waals surface area contributed by atoms with Gasteiger partial charge in [0.2, 0.25) is 0 Å². The smallest absolute Gasteiger partial charge is 0.263 e. The van der Waals surface area contributed by atoms with E-state index in [9.17, 15) is 4.79 Å². The van der Waals surface area contributed by atoms with Crippen LogP contribution in [0.15, 0.2) is 6.07 Å². The van der Waals surface area contributed by atoms with Gasteiger partial charge >= 0.3 is 0 Å². The maximum Gasteiger partial charge on any atom is 0.263 e. The molecule has 1 saturated carbocycles. The van der Waals surface area contributed by atoms with Crippen molar-refractivity contribution in [3.8, 4) is 0 Å². The van der Waals surface area contributed by atoms with Gasteiger partial charge in [0.15, 0.2) is 0 Å². The number of carbonyl (C=O) groups excluding carboxylic acids is 1. The molecule has 104 valence electrons. The normalized spacial score (nSPS) is 20.6. The Morgan fingerprint density at radius 2 is 2.00 bits per heavy atom. The molecule has 2 fully saturated rings. The summed E-state index contributed by atoms with van der Waals surface area (Å²) in [6.07, 6.45) is 4.19. The van der Waals surface area contributed by atoms with Crippen LogP contribution in [0.3, 0.4) is 0 Å². The SMILES string of the molecule is Nc1cc(N2CCC(N)CC2)sc1C(=O)NC1CC1. The van der Waals surface area contributed by atoms with Gasteiger partial charge in [0.05, 0.1) is 10.7 Å². The number of nitrogens with one attached hydrogen (secondary N) is 1. The minimum atomic E-state index is -0.0232. The average Bonchev–Trinajstić information content (AvgIpc) is 3.11. The first-order chi connectivity index (χ1) is 9.13. The molecule has 5 nitrogen and oxygen atoms in total. The molecule has 2 heterocycles. The van der Waals surface area contributed by atoms with Crippen LogP contribution in [-0.2, 0) is 0 Å². The van der Waals surface area contributed by atoms with E-state index in [0.29, 0.717) is 22.6 Å². The van der Waals surface area contributed by atoms with E-state index in [1.807, 2.05) is 6.07 Å². The number of nitrogens with two attached hydrogens (primary N) is 2. The molecule has 0 bridgehead atoms. The molecule has 2 aliphatic rings. The van der Waals surface area contributed by atoms with E-state index in [1.165, 1.54) is 11.3 Å². The molecular formula is C13H20N4OS. The first-order valence-electron chi connectivity index (χ1n) is 6.84. The topological polar surface area (TPSA) is 84.4 Å². The predicted octanol–water partition coefficient (Wildman–Crippen LogP) is 1.15. The van der Waals surface area contributed by atoms with Crippen molar-refractivity contribution in [1.29, 1.82) is 0 Å². The van der Waals surface area contributed by atoms with Crippen molar-refractivity contribution in [2.75, 3.05) is 23.7 Å². The monoisotopic (exact) mass is 280 g/mol. The summed E-state index contributed by atoms with van der Waals surface area (Å²) >= 11 is 1.49. The van der Waals surface area contributed by atoms with Crippen LogP contribution in [0, 0.1) is 0 Å². The van der Waals surface area contributed by atoms with Gasteiger partial charge < -0.3 is 21.7 Å².